The van der Waals surface area contributed by atoms with Crippen LogP contribution in [0.3, 0.4) is 0 Å². The molecule has 4 nitrogen and oxygen atoms in total. The van der Waals surface area contributed by atoms with E-state index in [1.54, 1.807) is 16.8 Å². The van der Waals surface area contributed by atoms with Crippen LogP contribution in [0, 0.1) is 6.92 Å². The van der Waals surface area contributed by atoms with Crippen LogP contribution in [-0.4, -0.2) is 14.0 Å². The second kappa shape index (κ2) is 5.24. The summed E-state index contributed by atoms with van der Waals surface area (Å²) in [7, 11) is 0.728. The fourth-order valence-electron chi connectivity index (χ4n) is 1.70. The number of nitrogens with zero attached hydrogens (tertiary/aromatic N) is 2. The maximum absolute atomic E-state index is 12.3. The first-order chi connectivity index (χ1) is 8.49. The molecular formula is C12H14BrN3OS. The van der Waals surface area contributed by atoms with Crippen molar-refractivity contribution in [3.63, 3.8) is 0 Å². The van der Waals surface area contributed by atoms with E-state index in [1.165, 1.54) is 0 Å². The Morgan fingerprint density at radius 1 is 1.50 bits per heavy atom. The number of rotatable bonds is 3. The summed E-state index contributed by atoms with van der Waals surface area (Å²) in [6, 6.07) is 7.16. The van der Waals surface area contributed by atoms with E-state index in [1.807, 2.05) is 26.1 Å². The van der Waals surface area contributed by atoms with Crippen LogP contribution in [0.5, 0.6) is 0 Å². The van der Waals surface area contributed by atoms with Crippen LogP contribution >= 0.6 is 15.9 Å². The molecule has 1 atom stereocenters. The number of halogens is 1. The van der Waals surface area contributed by atoms with E-state index in [0.717, 1.165) is 20.8 Å². The number of nitrogen functional groups attached to an aromatic ring is 1. The average molecular weight is 328 g/mol. The maximum Gasteiger partial charge on any atom is 0.0738 e. The van der Waals surface area contributed by atoms with Gasteiger partial charge in [0, 0.05) is 17.6 Å². The van der Waals surface area contributed by atoms with Crippen molar-refractivity contribution in [1.82, 2.24) is 9.78 Å². The molecule has 0 fully saturated rings. The summed E-state index contributed by atoms with van der Waals surface area (Å²) in [4.78, 5) is 0.737. The molecule has 2 N–H and O–H groups in total. The minimum atomic E-state index is -1.12. The molecule has 1 aromatic carbocycles. The summed E-state index contributed by atoms with van der Waals surface area (Å²) in [6.45, 7) is 1.91. The van der Waals surface area contributed by atoms with Gasteiger partial charge in [-0.25, -0.2) is 0 Å². The number of aromatic nitrogens is 2. The second-order valence-electron chi connectivity index (χ2n) is 4.03. The van der Waals surface area contributed by atoms with E-state index >= 15 is 0 Å². The zero-order valence-electron chi connectivity index (χ0n) is 10.2. The Labute approximate surface area is 117 Å². The van der Waals surface area contributed by atoms with Gasteiger partial charge in [-0.1, -0.05) is 6.07 Å². The Kier molecular flexibility index (Phi) is 3.87. The molecule has 0 aliphatic carbocycles. The predicted octanol–water partition coefficient (Wildman–Crippen LogP) is 2.38. The third-order valence-corrected chi connectivity index (χ3v) is 5.00. The lowest BCUT2D eigenvalue weighted by Crippen LogP contribution is -2.04. The van der Waals surface area contributed by atoms with E-state index in [0.29, 0.717) is 11.4 Å². The van der Waals surface area contributed by atoms with E-state index < -0.39 is 10.8 Å². The van der Waals surface area contributed by atoms with Crippen molar-refractivity contribution in [3.05, 3.63) is 40.1 Å². The Morgan fingerprint density at radius 2 is 2.22 bits per heavy atom. The second-order valence-corrected chi connectivity index (χ2v) is 6.28. The zero-order valence-corrected chi connectivity index (χ0v) is 12.6. The van der Waals surface area contributed by atoms with Crippen LogP contribution in [0.25, 0.3) is 0 Å². The number of nitrogens with two attached hydrogens (primary N) is 1. The van der Waals surface area contributed by atoms with Gasteiger partial charge in [-0.05, 0) is 41.1 Å². The van der Waals surface area contributed by atoms with Gasteiger partial charge in [0.05, 0.1) is 32.4 Å². The molecule has 0 amide bonds. The van der Waals surface area contributed by atoms with Crippen LogP contribution < -0.4 is 5.73 Å². The number of anilines is 1. The van der Waals surface area contributed by atoms with Gasteiger partial charge in [-0.15, -0.1) is 0 Å². The molecule has 1 unspecified atom stereocenters. The molecule has 6 heteroatoms. The maximum atomic E-state index is 12.3. The highest BCUT2D eigenvalue weighted by molar-refractivity contribution is 9.10. The average Bonchev–Trinajstić information content (AvgIpc) is 2.56. The lowest BCUT2D eigenvalue weighted by molar-refractivity contribution is 0.676. The Hall–Kier alpha value is -1.14. The molecule has 0 bridgehead atoms. The van der Waals surface area contributed by atoms with Crippen molar-refractivity contribution >= 4 is 32.4 Å². The fourth-order valence-corrected chi connectivity index (χ4v) is 3.61. The monoisotopic (exact) mass is 327 g/mol. The molecular weight excluding hydrogens is 314 g/mol. The lowest BCUT2D eigenvalue weighted by atomic mass is 10.3. The molecule has 0 aliphatic rings. The first-order valence-electron chi connectivity index (χ1n) is 5.41. The number of hydrogen-bond donors (Lipinski definition) is 1. The van der Waals surface area contributed by atoms with Gasteiger partial charge in [0.25, 0.3) is 0 Å². The summed E-state index contributed by atoms with van der Waals surface area (Å²) in [5.74, 6) is 0.418. The molecule has 0 spiro atoms. The number of hydrogen-bond acceptors (Lipinski definition) is 3. The molecule has 2 rings (SSSR count). The van der Waals surface area contributed by atoms with Crippen molar-refractivity contribution in [1.29, 1.82) is 0 Å². The van der Waals surface area contributed by atoms with Crippen molar-refractivity contribution in [2.75, 3.05) is 5.73 Å². The molecule has 2 aromatic rings. The molecule has 1 aromatic heterocycles. The van der Waals surface area contributed by atoms with Gasteiger partial charge >= 0.3 is 0 Å². The standard InChI is InChI=1S/C12H14BrN3OS/c1-8-12(13)11(16(2)15-8)7-18(17)10-5-3-4-9(14)6-10/h3-6H,7,14H2,1-2H3. The van der Waals surface area contributed by atoms with Crippen molar-refractivity contribution < 1.29 is 4.21 Å². The SMILES string of the molecule is Cc1nn(C)c(CS(=O)c2cccc(N)c2)c1Br. The highest BCUT2D eigenvalue weighted by atomic mass is 79.9. The largest absolute Gasteiger partial charge is 0.399 e. The molecule has 0 aliphatic heterocycles. The normalized spacial score (nSPS) is 12.6. The number of benzene rings is 1. The van der Waals surface area contributed by atoms with Crippen LogP contribution in [0.4, 0.5) is 5.69 Å². The summed E-state index contributed by atoms with van der Waals surface area (Å²) in [5, 5.41) is 4.29. The van der Waals surface area contributed by atoms with Crippen LogP contribution in [0.2, 0.25) is 0 Å². The smallest absolute Gasteiger partial charge is 0.0738 e. The molecule has 96 valence electrons. The highest BCUT2D eigenvalue weighted by Gasteiger charge is 2.14. The van der Waals surface area contributed by atoms with Crippen LogP contribution in [-0.2, 0) is 23.6 Å². The van der Waals surface area contributed by atoms with Gasteiger partial charge in [0.15, 0.2) is 0 Å². The highest BCUT2D eigenvalue weighted by Crippen LogP contribution is 2.23. The van der Waals surface area contributed by atoms with Crippen molar-refractivity contribution in [2.45, 2.75) is 17.6 Å². The third-order valence-electron chi connectivity index (χ3n) is 2.65. The molecule has 0 saturated heterocycles. The van der Waals surface area contributed by atoms with E-state index in [4.69, 9.17) is 5.73 Å². The van der Waals surface area contributed by atoms with Gasteiger partial charge in [-0.2, -0.15) is 5.10 Å². The zero-order chi connectivity index (χ0) is 13.3. The fraction of sp³-hybridized carbons (Fsp3) is 0.250. The minimum Gasteiger partial charge on any atom is -0.399 e. The van der Waals surface area contributed by atoms with Crippen molar-refractivity contribution in [2.24, 2.45) is 7.05 Å². The molecule has 0 radical (unpaired) electrons. The minimum absolute atomic E-state index is 0.418. The molecule has 0 saturated carbocycles. The van der Waals surface area contributed by atoms with E-state index in [-0.39, 0.29) is 0 Å². The Morgan fingerprint density at radius 3 is 2.78 bits per heavy atom. The predicted molar refractivity (Wildman–Crippen MR) is 76.6 cm³/mol. The van der Waals surface area contributed by atoms with Gasteiger partial charge in [0.2, 0.25) is 0 Å². The summed E-state index contributed by atoms with van der Waals surface area (Å²) in [6.07, 6.45) is 0. The van der Waals surface area contributed by atoms with Crippen LogP contribution in [0.1, 0.15) is 11.4 Å². The quantitative estimate of drug-likeness (QED) is 0.880. The van der Waals surface area contributed by atoms with Gasteiger partial charge in [-0.3, -0.25) is 8.89 Å². The lowest BCUT2D eigenvalue weighted by Gasteiger charge is -2.04. The first-order valence-corrected chi connectivity index (χ1v) is 7.52. The van der Waals surface area contributed by atoms with E-state index in [2.05, 4.69) is 21.0 Å². The first kappa shape index (κ1) is 13.3. The van der Waals surface area contributed by atoms with Crippen LogP contribution in [0.15, 0.2) is 33.6 Å². The topological polar surface area (TPSA) is 60.9 Å². The summed E-state index contributed by atoms with van der Waals surface area (Å²) >= 11 is 3.47. The molecule has 1 heterocycles. The van der Waals surface area contributed by atoms with Gasteiger partial charge in [0.1, 0.15) is 0 Å². The third kappa shape index (κ3) is 2.64. The van der Waals surface area contributed by atoms with Crippen molar-refractivity contribution in [3.8, 4) is 0 Å². The van der Waals surface area contributed by atoms with Gasteiger partial charge < -0.3 is 5.73 Å². The molecule has 18 heavy (non-hydrogen) atoms. The number of aryl methyl sites for hydroxylation is 2. The van der Waals surface area contributed by atoms with E-state index in [9.17, 15) is 4.21 Å². The summed E-state index contributed by atoms with van der Waals surface area (Å²) in [5.41, 5.74) is 8.14. The Bertz CT molecular complexity index is 609. The Balaban J connectivity index is 2.27. The summed E-state index contributed by atoms with van der Waals surface area (Å²) < 4.78 is 14.9.